The van der Waals surface area contributed by atoms with Crippen molar-refractivity contribution in [1.82, 2.24) is 10.3 Å². The van der Waals surface area contributed by atoms with Gasteiger partial charge in [-0.05, 0) is 43.3 Å². The van der Waals surface area contributed by atoms with Crippen molar-refractivity contribution in [3.8, 4) is 16.9 Å². The molecule has 0 unspecified atom stereocenters. The number of rotatable bonds is 5. The quantitative estimate of drug-likeness (QED) is 0.907. The second-order valence-electron chi connectivity index (χ2n) is 4.17. The second kappa shape index (κ2) is 6.55. The van der Waals surface area contributed by atoms with Crippen molar-refractivity contribution in [2.75, 3.05) is 13.7 Å². The van der Waals surface area contributed by atoms with Crippen LogP contribution in [0.5, 0.6) is 5.75 Å². The van der Waals surface area contributed by atoms with Crippen LogP contribution in [0.1, 0.15) is 12.5 Å². The molecule has 0 atom stereocenters. The third-order valence-electron chi connectivity index (χ3n) is 2.77. The Hall–Kier alpha value is -1.58. The lowest BCUT2D eigenvalue weighted by Gasteiger charge is -2.11. The number of nitrogens with zero attached hydrogens (tertiary/aromatic N) is 1. The normalized spacial score (nSPS) is 10.5. The molecule has 1 heterocycles. The number of hydrogen-bond acceptors (Lipinski definition) is 3. The molecule has 3 nitrogen and oxygen atoms in total. The van der Waals surface area contributed by atoms with Gasteiger partial charge in [0.15, 0.2) is 0 Å². The Labute approximate surface area is 118 Å². The molecule has 0 aliphatic carbocycles. The third-order valence-corrected chi connectivity index (χ3v) is 3.00. The highest BCUT2D eigenvalue weighted by Crippen LogP contribution is 2.28. The lowest BCUT2D eigenvalue weighted by molar-refractivity contribution is 0.339. The predicted octanol–water partition coefficient (Wildman–Crippen LogP) is 3.52. The van der Waals surface area contributed by atoms with Crippen molar-refractivity contribution < 1.29 is 4.74 Å². The molecule has 2 aromatic rings. The molecule has 4 heteroatoms. The SMILES string of the molecule is CCOc1cncc(-c2ccc(Cl)cc2CNC)c1. The van der Waals surface area contributed by atoms with Gasteiger partial charge in [-0.15, -0.1) is 0 Å². The van der Waals surface area contributed by atoms with Crippen molar-refractivity contribution in [2.45, 2.75) is 13.5 Å². The molecular formula is C15H17ClN2O. The molecule has 0 bridgehead atoms. The fraction of sp³-hybridized carbons (Fsp3) is 0.267. The van der Waals surface area contributed by atoms with Crippen LogP contribution in [0.25, 0.3) is 11.1 Å². The highest BCUT2D eigenvalue weighted by molar-refractivity contribution is 6.30. The van der Waals surface area contributed by atoms with E-state index in [9.17, 15) is 0 Å². The summed E-state index contributed by atoms with van der Waals surface area (Å²) in [5.41, 5.74) is 3.30. The van der Waals surface area contributed by atoms with E-state index < -0.39 is 0 Å². The standard InChI is InChI=1S/C15H17ClN2O/c1-3-19-14-7-12(9-18-10-14)15-5-4-13(16)6-11(15)8-17-2/h4-7,9-10,17H,3,8H2,1-2H3. The average molecular weight is 277 g/mol. The van der Waals surface area contributed by atoms with Gasteiger partial charge in [-0.1, -0.05) is 17.7 Å². The van der Waals surface area contributed by atoms with Crippen LogP contribution in [0.15, 0.2) is 36.7 Å². The summed E-state index contributed by atoms with van der Waals surface area (Å²) < 4.78 is 5.49. The highest BCUT2D eigenvalue weighted by Gasteiger charge is 2.07. The minimum atomic E-state index is 0.634. The van der Waals surface area contributed by atoms with Gasteiger partial charge in [0.2, 0.25) is 0 Å². The zero-order valence-corrected chi connectivity index (χ0v) is 11.9. The van der Waals surface area contributed by atoms with Gasteiger partial charge in [-0.25, -0.2) is 0 Å². The molecule has 0 fully saturated rings. The van der Waals surface area contributed by atoms with Crippen LogP contribution < -0.4 is 10.1 Å². The van der Waals surface area contributed by atoms with E-state index >= 15 is 0 Å². The monoisotopic (exact) mass is 276 g/mol. The summed E-state index contributed by atoms with van der Waals surface area (Å²) >= 11 is 6.05. The third kappa shape index (κ3) is 3.46. The van der Waals surface area contributed by atoms with Gasteiger partial charge in [-0.3, -0.25) is 4.98 Å². The van der Waals surface area contributed by atoms with Gasteiger partial charge in [-0.2, -0.15) is 0 Å². The van der Waals surface area contributed by atoms with E-state index in [1.807, 2.05) is 44.4 Å². The molecule has 19 heavy (non-hydrogen) atoms. The number of benzene rings is 1. The first-order valence-corrected chi connectivity index (χ1v) is 6.63. The number of pyridine rings is 1. The number of halogens is 1. The summed E-state index contributed by atoms with van der Waals surface area (Å²) in [6, 6.07) is 7.88. The van der Waals surface area contributed by atoms with Gasteiger partial charge < -0.3 is 10.1 Å². The molecule has 1 aromatic carbocycles. The van der Waals surface area contributed by atoms with Crippen molar-refractivity contribution in [1.29, 1.82) is 0 Å². The first kappa shape index (κ1) is 13.8. The molecule has 1 aromatic heterocycles. The van der Waals surface area contributed by atoms with E-state index in [2.05, 4.69) is 10.3 Å². The lowest BCUT2D eigenvalue weighted by atomic mass is 10.0. The fourth-order valence-electron chi connectivity index (χ4n) is 1.99. The van der Waals surface area contributed by atoms with Gasteiger partial charge in [0, 0.05) is 23.3 Å². The minimum absolute atomic E-state index is 0.634. The Kier molecular flexibility index (Phi) is 4.77. The topological polar surface area (TPSA) is 34.1 Å². The van der Waals surface area contributed by atoms with Crippen LogP contribution in [-0.4, -0.2) is 18.6 Å². The lowest BCUT2D eigenvalue weighted by Crippen LogP contribution is -2.06. The molecular weight excluding hydrogens is 260 g/mol. The number of ether oxygens (including phenoxy) is 1. The molecule has 0 radical (unpaired) electrons. The summed E-state index contributed by atoms with van der Waals surface area (Å²) in [6.45, 7) is 3.35. The van der Waals surface area contributed by atoms with E-state index in [0.29, 0.717) is 6.61 Å². The first-order valence-electron chi connectivity index (χ1n) is 6.26. The van der Waals surface area contributed by atoms with Gasteiger partial charge in [0.05, 0.1) is 12.8 Å². The van der Waals surface area contributed by atoms with Crippen molar-refractivity contribution >= 4 is 11.6 Å². The fourth-order valence-corrected chi connectivity index (χ4v) is 2.19. The Morgan fingerprint density at radius 2 is 2.11 bits per heavy atom. The first-order chi connectivity index (χ1) is 9.24. The summed E-state index contributed by atoms with van der Waals surface area (Å²) in [7, 11) is 1.92. The predicted molar refractivity (Wildman–Crippen MR) is 78.6 cm³/mol. The molecule has 0 aliphatic rings. The molecule has 1 N–H and O–H groups in total. The van der Waals surface area contributed by atoms with E-state index in [4.69, 9.17) is 16.3 Å². The highest BCUT2D eigenvalue weighted by atomic mass is 35.5. The van der Waals surface area contributed by atoms with Crippen molar-refractivity contribution in [2.24, 2.45) is 0 Å². The van der Waals surface area contributed by atoms with Crippen molar-refractivity contribution in [3.05, 3.63) is 47.2 Å². The molecule has 0 spiro atoms. The zero-order valence-electron chi connectivity index (χ0n) is 11.1. The molecule has 2 rings (SSSR count). The van der Waals surface area contributed by atoms with E-state index in [1.165, 1.54) is 0 Å². The van der Waals surface area contributed by atoms with Gasteiger partial charge >= 0.3 is 0 Å². The zero-order chi connectivity index (χ0) is 13.7. The van der Waals surface area contributed by atoms with Gasteiger partial charge in [0.25, 0.3) is 0 Å². The van der Waals surface area contributed by atoms with Crippen LogP contribution in [0, 0.1) is 0 Å². The second-order valence-corrected chi connectivity index (χ2v) is 4.61. The molecule has 0 saturated carbocycles. The van der Waals surface area contributed by atoms with Crippen LogP contribution in [-0.2, 0) is 6.54 Å². The van der Waals surface area contributed by atoms with E-state index in [0.717, 1.165) is 34.0 Å². The summed E-state index contributed by atoms with van der Waals surface area (Å²) in [6.07, 6.45) is 3.56. The Morgan fingerprint density at radius 3 is 2.84 bits per heavy atom. The average Bonchev–Trinajstić information content (AvgIpc) is 2.40. The largest absolute Gasteiger partial charge is 0.492 e. The Morgan fingerprint density at radius 1 is 1.26 bits per heavy atom. The summed E-state index contributed by atoms with van der Waals surface area (Å²) in [4.78, 5) is 4.22. The van der Waals surface area contributed by atoms with Crippen LogP contribution in [0.3, 0.4) is 0 Å². The Balaban J connectivity index is 2.42. The number of aromatic nitrogens is 1. The molecule has 0 saturated heterocycles. The van der Waals surface area contributed by atoms with Crippen LogP contribution in [0.4, 0.5) is 0 Å². The number of hydrogen-bond donors (Lipinski definition) is 1. The van der Waals surface area contributed by atoms with E-state index in [1.54, 1.807) is 6.20 Å². The molecule has 0 aliphatic heterocycles. The van der Waals surface area contributed by atoms with Gasteiger partial charge in [0.1, 0.15) is 5.75 Å². The van der Waals surface area contributed by atoms with Crippen LogP contribution >= 0.6 is 11.6 Å². The van der Waals surface area contributed by atoms with Crippen LogP contribution in [0.2, 0.25) is 5.02 Å². The maximum Gasteiger partial charge on any atom is 0.138 e. The summed E-state index contributed by atoms with van der Waals surface area (Å²) in [5, 5.41) is 3.89. The molecule has 100 valence electrons. The maximum absolute atomic E-state index is 6.05. The minimum Gasteiger partial charge on any atom is -0.492 e. The summed E-state index contributed by atoms with van der Waals surface area (Å²) in [5.74, 6) is 0.783. The Bertz CT molecular complexity index is 558. The maximum atomic E-state index is 6.05. The smallest absolute Gasteiger partial charge is 0.138 e. The number of nitrogens with one attached hydrogen (secondary N) is 1. The van der Waals surface area contributed by atoms with Crippen molar-refractivity contribution in [3.63, 3.8) is 0 Å². The van der Waals surface area contributed by atoms with E-state index in [-0.39, 0.29) is 0 Å². The molecule has 0 amide bonds.